The van der Waals surface area contributed by atoms with Crippen molar-refractivity contribution in [2.24, 2.45) is 0 Å². The highest BCUT2D eigenvalue weighted by Crippen LogP contribution is 2.20. The summed E-state index contributed by atoms with van der Waals surface area (Å²) in [5.74, 6) is 1.51. The standard InChI is InChI=1S/C13H21N3O/c1-5-7-14-12-11(4)13(16-9-15-12)17-8-6-10(2)3/h9H,2,5-8H2,1,3-4H3,(H,14,15,16). The minimum Gasteiger partial charge on any atom is -0.477 e. The lowest BCUT2D eigenvalue weighted by Gasteiger charge is -2.11. The summed E-state index contributed by atoms with van der Waals surface area (Å²) in [5, 5.41) is 3.25. The molecule has 0 amide bonds. The van der Waals surface area contributed by atoms with E-state index in [1.54, 1.807) is 0 Å². The van der Waals surface area contributed by atoms with Gasteiger partial charge in [0.05, 0.1) is 12.2 Å². The molecule has 0 aromatic carbocycles. The molecule has 0 spiro atoms. The first-order valence-electron chi connectivity index (χ1n) is 5.97. The summed E-state index contributed by atoms with van der Waals surface area (Å²) in [7, 11) is 0. The molecule has 4 nitrogen and oxygen atoms in total. The van der Waals surface area contributed by atoms with Crippen molar-refractivity contribution in [3.05, 3.63) is 24.0 Å². The van der Waals surface area contributed by atoms with E-state index in [9.17, 15) is 0 Å². The molecule has 0 aliphatic heterocycles. The number of rotatable bonds is 7. The Kier molecular flexibility index (Phi) is 5.46. The lowest BCUT2D eigenvalue weighted by molar-refractivity contribution is 0.306. The molecule has 1 heterocycles. The van der Waals surface area contributed by atoms with Gasteiger partial charge in [-0.2, -0.15) is 0 Å². The number of hydrogen-bond donors (Lipinski definition) is 1. The van der Waals surface area contributed by atoms with Crippen molar-refractivity contribution < 1.29 is 4.74 Å². The molecule has 0 saturated carbocycles. The summed E-state index contributed by atoms with van der Waals surface area (Å²) in [5.41, 5.74) is 2.07. The zero-order chi connectivity index (χ0) is 12.7. The van der Waals surface area contributed by atoms with Crippen molar-refractivity contribution in [1.29, 1.82) is 0 Å². The van der Waals surface area contributed by atoms with E-state index >= 15 is 0 Å². The van der Waals surface area contributed by atoms with Gasteiger partial charge in [-0.3, -0.25) is 0 Å². The van der Waals surface area contributed by atoms with Crippen LogP contribution in [0.5, 0.6) is 5.88 Å². The lowest BCUT2D eigenvalue weighted by Crippen LogP contribution is -2.07. The number of anilines is 1. The summed E-state index contributed by atoms with van der Waals surface area (Å²) in [6.07, 6.45) is 3.44. The van der Waals surface area contributed by atoms with Crippen molar-refractivity contribution in [1.82, 2.24) is 9.97 Å². The van der Waals surface area contributed by atoms with Gasteiger partial charge in [0.25, 0.3) is 0 Å². The second kappa shape index (κ2) is 6.89. The van der Waals surface area contributed by atoms with Crippen LogP contribution in [0, 0.1) is 6.92 Å². The van der Waals surface area contributed by atoms with Crippen LogP contribution in [-0.4, -0.2) is 23.1 Å². The average Bonchev–Trinajstić information content (AvgIpc) is 2.29. The van der Waals surface area contributed by atoms with E-state index < -0.39 is 0 Å². The Morgan fingerprint density at radius 1 is 1.47 bits per heavy atom. The Bertz CT molecular complexity index is 377. The third-order valence-electron chi connectivity index (χ3n) is 2.35. The van der Waals surface area contributed by atoms with Crippen molar-refractivity contribution in [2.75, 3.05) is 18.5 Å². The number of ether oxygens (including phenoxy) is 1. The lowest BCUT2D eigenvalue weighted by atomic mass is 10.2. The predicted octanol–water partition coefficient (Wildman–Crippen LogP) is 2.95. The number of hydrogen-bond acceptors (Lipinski definition) is 4. The van der Waals surface area contributed by atoms with E-state index in [4.69, 9.17) is 4.74 Å². The van der Waals surface area contributed by atoms with Crippen LogP contribution in [0.4, 0.5) is 5.82 Å². The van der Waals surface area contributed by atoms with Gasteiger partial charge in [0.1, 0.15) is 12.1 Å². The molecule has 1 aromatic rings. The SMILES string of the molecule is C=C(C)CCOc1ncnc(NCCC)c1C. The smallest absolute Gasteiger partial charge is 0.221 e. The molecule has 0 saturated heterocycles. The Labute approximate surface area is 103 Å². The molecule has 94 valence electrons. The third kappa shape index (κ3) is 4.43. The zero-order valence-electron chi connectivity index (χ0n) is 10.9. The molecule has 0 fully saturated rings. The molecule has 0 aliphatic rings. The Hall–Kier alpha value is -1.58. The van der Waals surface area contributed by atoms with Crippen molar-refractivity contribution in [2.45, 2.75) is 33.6 Å². The van der Waals surface area contributed by atoms with Gasteiger partial charge in [-0.1, -0.05) is 12.5 Å². The van der Waals surface area contributed by atoms with Gasteiger partial charge in [0.2, 0.25) is 5.88 Å². The van der Waals surface area contributed by atoms with E-state index in [2.05, 4.69) is 28.8 Å². The highest BCUT2D eigenvalue weighted by molar-refractivity contribution is 5.47. The van der Waals surface area contributed by atoms with E-state index in [0.717, 1.165) is 36.3 Å². The molecule has 1 aromatic heterocycles. The van der Waals surface area contributed by atoms with E-state index in [1.165, 1.54) is 6.33 Å². The zero-order valence-corrected chi connectivity index (χ0v) is 10.9. The molecule has 4 heteroatoms. The first kappa shape index (κ1) is 13.5. The molecular formula is C13H21N3O. The van der Waals surface area contributed by atoms with E-state index in [-0.39, 0.29) is 0 Å². The first-order valence-corrected chi connectivity index (χ1v) is 5.97. The quantitative estimate of drug-likeness (QED) is 0.738. The molecule has 1 rings (SSSR count). The van der Waals surface area contributed by atoms with Gasteiger partial charge in [-0.25, -0.2) is 9.97 Å². The normalized spacial score (nSPS) is 10.1. The molecule has 1 N–H and O–H groups in total. The first-order chi connectivity index (χ1) is 8.15. The fourth-order valence-electron chi connectivity index (χ4n) is 1.32. The second-order valence-corrected chi connectivity index (χ2v) is 4.13. The highest BCUT2D eigenvalue weighted by Gasteiger charge is 2.07. The minimum atomic E-state index is 0.612. The van der Waals surface area contributed by atoms with Crippen molar-refractivity contribution >= 4 is 5.82 Å². The summed E-state index contributed by atoms with van der Waals surface area (Å²) < 4.78 is 5.62. The predicted molar refractivity (Wildman–Crippen MR) is 70.5 cm³/mol. The van der Waals surface area contributed by atoms with Gasteiger partial charge in [0, 0.05) is 13.0 Å². The molecule has 0 bridgehead atoms. The Morgan fingerprint density at radius 2 is 2.24 bits per heavy atom. The maximum Gasteiger partial charge on any atom is 0.221 e. The third-order valence-corrected chi connectivity index (χ3v) is 2.35. The molecule has 0 unspecified atom stereocenters. The number of aromatic nitrogens is 2. The fourth-order valence-corrected chi connectivity index (χ4v) is 1.32. The van der Waals surface area contributed by atoms with Crippen LogP contribution in [0.15, 0.2) is 18.5 Å². The number of nitrogens with zero attached hydrogens (tertiary/aromatic N) is 2. The van der Waals surface area contributed by atoms with Crippen LogP contribution >= 0.6 is 0 Å². The summed E-state index contributed by atoms with van der Waals surface area (Å²) in [6, 6.07) is 0. The molecule has 0 aliphatic carbocycles. The topological polar surface area (TPSA) is 47.0 Å². The average molecular weight is 235 g/mol. The highest BCUT2D eigenvalue weighted by atomic mass is 16.5. The molecule has 0 atom stereocenters. The second-order valence-electron chi connectivity index (χ2n) is 4.13. The molecule has 0 radical (unpaired) electrons. The summed E-state index contributed by atoms with van der Waals surface area (Å²) in [4.78, 5) is 8.34. The minimum absolute atomic E-state index is 0.612. The van der Waals surface area contributed by atoms with Crippen molar-refractivity contribution in [3.8, 4) is 5.88 Å². The van der Waals surface area contributed by atoms with Crippen molar-refractivity contribution in [3.63, 3.8) is 0 Å². The molecular weight excluding hydrogens is 214 g/mol. The van der Waals surface area contributed by atoms with Gasteiger partial charge < -0.3 is 10.1 Å². The van der Waals surface area contributed by atoms with Gasteiger partial charge in [0.15, 0.2) is 0 Å². The summed E-state index contributed by atoms with van der Waals surface area (Å²) in [6.45, 7) is 11.4. The Balaban J connectivity index is 2.62. The van der Waals surface area contributed by atoms with Crippen LogP contribution < -0.4 is 10.1 Å². The van der Waals surface area contributed by atoms with Gasteiger partial charge in [-0.05, 0) is 20.3 Å². The van der Waals surface area contributed by atoms with E-state index in [0.29, 0.717) is 12.5 Å². The largest absolute Gasteiger partial charge is 0.477 e. The van der Waals surface area contributed by atoms with Crippen LogP contribution in [0.1, 0.15) is 32.3 Å². The van der Waals surface area contributed by atoms with Gasteiger partial charge >= 0.3 is 0 Å². The number of nitrogens with one attached hydrogen (secondary N) is 1. The monoisotopic (exact) mass is 235 g/mol. The van der Waals surface area contributed by atoms with Crippen LogP contribution in [0.3, 0.4) is 0 Å². The van der Waals surface area contributed by atoms with Gasteiger partial charge in [-0.15, -0.1) is 6.58 Å². The van der Waals surface area contributed by atoms with Crippen LogP contribution in [0.2, 0.25) is 0 Å². The van der Waals surface area contributed by atoms with Crippen LogP contribution in [-0.2, 0) is 0 Å². The van der Waals surface area contributed by atoms with E-state index in [1.807, 2.05) is 13.8 Å². The Morgan fingerprint density at radius 3 is 2.88 bits per heavy atom. The maximum atomic E-state index is 5.62. The molecule has 17 heavy (non-hydrogen) atoms. The summed E-state index contributed by atoms with van der Waals surface area (Å²) >= 11 is 0. The van der Waals surface area contributed by atoms with Crippen LogP contribution in [0.25, 0.3) is 0 Å². The fraction of sp³-hybridized carbons (Fsp3) is 0.538. The maximum absolute atomic E-state index is 5.62.